The summed E-state index contributed by atoms with van der Waals surface area (Å²) in [5, 5.41) is 13.0. The van der Waals surface area contributed by atoms with E-state index in [4.69, 9.17) is 16.3 Å². The molecule has 32 heavy (non-hydrogen) atoms. The lowest BCUT2D eigenvalue weighted by molar-refractivity contribution is -0.113. The number of thioether (sulfide) groups is 1. The molecule has 0 aliphatic carbocycles. The molecule has 1 heterocycles. The van der Waals surface area contributed by atoms with Crippen LogP contribution >= 0.6 is 34.7 Å². The zero-order valence-corrected chi connectivity index (χ0v) is 18.9. The molecule has 0 radical (unpaired) electrons. The Balaban J connectivity index is 1.51. The largest absolute Gasteiger partial charge is 0.462 e. The van der Waals surface area contributed by atoms with E-state index in [9.17, 15) is 18.8 Å². The average molecular weight is 495 g/mol. The number of amides is 2. The summed E-state index contributed by atoms with van der Waals surface area (Å²) in [6.45, 7) is 2.00. The molecule has 2 amide bonds. The number of rotatable bonds is 8. The van der Waals surface area contributed by atoms with Gasteiger partial charge in [0.05, 0.1) is 28.5 Å². The molecule has 2 aromatic carbocycles. The van der Waals surface area contributed by atoms with Crippen molar-refractivity contribution in [3.63, 3.8) is 0 Å². The second-order valence-electron chi connectivity index (χ2n) is 6.06. The first-order chi connectivity index (χ1) is 15.4. The van der Waals surface area contributed by atoms with Crippen LogP contribution in [0.5, 0.6) is 0 Å². The van der Waals surface area contributed by atoms with E-state index in [1.165, 1.54) is 12.1 Å². The molecule has 2 N–H and O–H groups in total. The average Bonchev–Trinajstić information content (AvgIpc) is 3.20. The van der Waals surface area contributed by atoms with Crippen molar-refractivity contribution in [2.24, 2.45) is 0 Å². The first kappa shape index (κ1) is 23.6. The van der Waals surface area contributed by atoms with E-state index in [1.54, 1.807) is 31.2 Å². The number of hydrogen-bond acceptors (Lipinski definition) is 8. The third-order valence-electron chi connectivity index (χ3n) is 3.82. The number of halogens is 2. The van der Waals surface area contributed by atoms with E-state index < -0.39 is 17.7 Å². The molecule has 0 aliphatic rings. The van der Waals surface area contributed by atoms with Crippen LogP contribution in [0.4, 0.5) is 15.2 Å². The highest BCUT2D eigenvalue weighted by molar-refractivity contribution is 8.01. The Morgan fingerprint density at radius 1 is 1.12 bits per heavy atom. The van der Waals surface area contributed by atoms with Crippen LogP contribution in [-0.2, 0) is 9.53 Å². The van der Waals surface area contributed by atoms with Gasteiger partial charge in [-0.1, -0.05) is 40.8 Å². The second kappa shape index (κ2) is 11.0. The maximum atomic E-state index is 13.8. The van der Waals surface area contributed by atoms with Gasteiger partial charge in [0.1, 0.15) is 5.82 Å². The number of nitrogens with one attached hydrogen (secondary N) is 2. The third-order valence-corrected chi connectivity index (χ3v) is 6.11. The zero-order valence-electron chi connectivity index (χ0n) is 16.6. The molecule has 0 fully saturated rings. The van der Waals surface area contributed by atoms with Gasteiger partial charge in [-0.3, -0.25) is 14.9 Å². The Hall–Kier alpha value is -3.02. The van der Waals surface area contributed by atoms with Gasteiger partial charge in [0.2, 0.25) is 11.0 Å². The topological polar surface area (TPSA) is 110 Å². The fourth-order valence-electron chi connectivity index (χ4n) is 2.42. The van der Waals surface area contributed by atoms with Gasteiger partial charge in [-0.25, -0.2) is 9.18 Å². The molecule has 1 aromatic heterocycles. The summed E-state index contributed by atoms with van der Waals surface area (Å²) in [6.07, 6.45) is 0. The highest BCUT2D eigenvalue weighted by Gasteiger charge is 2.18. The molecule has 0 saturated carbocycles. The van der Waals surface area contributed by atoms with Crippen LogP contribution in [-0.4, -0.2) is 40.3 Å². The van der Waals surface area contributed by atoms with Crippen LogP contribution < -0.4 is 10.6 Å². The van der Waals surface area contributed by atoms with Crippen molar-refractivity contribution in [1.29, 1.82) is 0 Å². The number of carbonyl (C=O) groups is 3. The first-order valence-electron chi connectivity index (χ1n) is 9.16. The molecule has 166 valence electrons. The smallest absolute Gasteiger partial charge is 0.338 e. The second-order valence-corrected chi connectivity index (χ2v) is 8.67. The van der Waals surface area contributed by atoms with Crippen molar-refractivity contribution in [2.45, 2.75) is 11.3 Å². The van der Waals surface area contributed by atoms with E-state index >= 15 is 0 Å². The number of benzene rings is 2. The first-order valence-corrected chi connectivity index (χ1v) is 11.3. The van der Waals surface area contributed by atoms with Gasteiger partial charge >= 0.3 is 5.97 Å². The number of hydrogen-bond donors (Lipinski definition) is 2. The van der Waals surface area contributed by atoms with Gasteiger partial charge in [-0.05, 0) is 43.3 Å². The maximum Gasteiger partial charge on any atom is 0.338 e. The summed E-state index contributed by atoms with van der Waals surface area (Å²) in [5.74, 6) is -2.18. The van der Waals surface area contributed by atoms with Crippen LogP contribution in [0.15, 0.2) is 46.8 Å². The maximum absolute atomic E-state index is 13.8. The molecule has 3 rings (SSSR count). The third kappa shape index (κ3) is 6.25. The molecule has 0 bridgehead atoms. The quantitative estimate of drug-likeness (QED) is 0.269. The predicted molar refractivity (Wildman–Crippen MR) is 121 cm³/mol. The normalized spacial score (nSPS) is 10.5. The highest BCUT2D eigenvalue weighted by Crippen LogP contribution is 2.27. The Bertz CT molecular complexity index is 1120. The summed E-state index contributed by atoms with van der Waals surface area (Å²) in [4.78, 5) is 36.0. The Morgan fingerprint density at radius 2 is 1.88 bits per heavy atom. The fraction of sp³-hybridized carbons (Fsp3) is 0.150. The predicted octanol–water partition coefficient (Wildman–Crippen LogP) is 4.49. The van der Waals surface area contributed by atoms with Crippen molar-refractivity contribution in [3.8, 4) is 0 Å². The summed E-state index contributed by atoms with van der Waals surface area (Å²) in [6, 6.07) is 10.2. The van der Waals surface area contributed by atoms with Crippen LogP contribution in [0.25, 0.3) is 0 Å². The highest BCUT2D eigenvalue weighted by atomic mass is 35.5. The van der Waals surface area contributed by atoms with Crippen molar-refractivity contribution < 1.29 is 23.5 Å². The molecule has 0 atom stereocenters. The van der Waals surface area contributed by atoms with Crippen LogP contribution in [0, 0.1) is 5.82 Å². The van der Waals surface area contributed by atoms with E-state index in [0.29, 0.717) is 15.6 Å². The van der Waals surface area contributed by atoms with Crippen LogP contribution in [0.2, 0.25) is 5.02 Å². The molecule has 12 heteroatoms. The van der Waals surface area contributed by atoms with Crippen molar-refractivity contribution in [1.82, 2.24) is 10.2 Å². The van der Waals surface area contributed by atoms with Gasteiger partial charge in [0.25, 0.3) is 5.91 Å². The molecule has 0 saturated heterocycles. The lowest BCUT2D eigenvalue weighted by Crippen LogP contribution is -2.14. The van der Waals surface area contributed by atoms with E-state index in [0.717, 1.165) is 29.2 Å². The molecule has 8 nitrogen and oxygen atoms in total. The number of ether oxygens (including phenoxy) is 1. The minimum Gasteiger partial charge on any atom is -0.462 e. The molecule has 3 aromatic rings. The molecule has 0 unspecified atom stereocenters. The van der Waals surface area contributed by atoms with E-state index in [1.807, 2.05) is 0 Å². The zero-order chi connectivity index (χ0) is 23.1. The molecule has 0 aliphatic heterocycles. The minimum absolute atomic E-state index is 0.0198. The number of nitrogens with zero attached hydrogens (tertiary/aromatic N) is 2. The molecular weight excluding hydrogens is 479 g/mol. The Morgan fingerprint density at radius 3 is 2.56 bits per heavy atom. The van der Waals surface area contributed by atoms with Gasteiger partial charge in [0.15, 0.2) is 4.34 Å². The Labute approximate surface area is 195 Å². The fourth-order valence-corrected chi connectivity index (χ4v) is 4.22. The van der Waals surface area contributed by atoms with E-state index in [-0.39, 0.29) is 34.0 Å². The van der Waals surface area contributed by atoms with Crippen LogP contribution in [0.3, 0.4) is 0 Å². The summed E-state index contributed by atoms with van der Waals surface area (Å²) in [5.41, 5.74) is 0.627. The number of aromatic nitrogens is 2. The monoisotopic (exact) mass is 494 g/mol. The summed E-state index contributed by atoms with van der Waals surface area (Å²) >= 11 is 8.04. The number of carbonyl (C=O) groups excluding carboxylic acids is 3. The van der Waals surface area contributed by atoms with Crippen LogP contribution in [0.1, 0.15) is 27.6 Å². The number of esters is 1. The molecule has 0 spiro atoms. The number of anilines is 2. The Kier molecular flexibility index (Phi) is 8.14. The van der Waals surface area contributed by atoms with Gasteiger partial charge in [-0.15, -0.1) is 10.2 Å². The SMILES string of the molecule is CCOC(=O)c1ccc(NC(=O)CSc2nnc(NC(=O)c3c(F)cccc3Cl)s2)cc1. The van der Waals surface area contributed by atoms with Gasteiger partial charge in [-0.2, -0.15) is 0 Å². The van der Waals surface area contributed by atoms with Gasteiger partial charge in [0, 0.05) is 5.69 Å². The van der Waals surface area contributed by atoms with E-state index in [2.05, 4.69) is 20.8 Å². The summed E-state index contributed by atoms with van der Waals surface area (Å²) in [7, 11) is 0. The van der Waals surface area contributed by atoms with Crippen molar-refractivity contribution in [3.05, 3.63) is 64.4 Å². The lowest BCUT2D eigenvalue weighted by Gasteiger charge is -2.06. The standard InChI is InChI=1S/C20H16ClFN4O4S2/c1-2-30-18(29)11-6-8-12(9-7-11)23-15(27)10-31-20-26-25-19(32-20)24-17(28)16-13(21)4-3-5-14(16)22/h3-9H,2,10H2,1H3,(H,23,27)(H,24,25,28). The summed E-state index contributed by atoms with van der Waals surface area (Å²) < 4.78 is 19.2. The van der Waals surface area contributed by atoms with Crippen molar-refractivity contribution in [2.75, 3.05) is 23.0 Å². The van der Waals surface area contributed by atoms with Crippen molar-refractivity contribution >= 4 is 63.3 Å². The van der Waals surface area contributed by atoms with Gasteiger partial charge < -0.3 is 10.1 Å². The molecular formula is C20H16ClFN4O4S2. The lowest BCUT2D eigenvalue weighted by atomic mass is 10.2. The minimum atomic E-state index is -0.749.